The van der Waals surface area contributed by atoms with E-state index < -0.39 is 7.14 Å². The van der Waals surface area contributed by atoms with Crippen molar-refractivity contribution in [3.05, 3.63) is 53.2 Å². The smallest absolute Gasteiger partial charge is 0.318 e. The van der Waals surface area contributed by atoms with Crippen molar-refractivity contribution in [3.8, 4) is 6.01 Å². The van der Waals surface area contributed by atoms with Crippen LogP contribution in [-0.4, -0.2) is 78.7 Å². The average molecular weight is 588 g/mol. The van der Waals surface area contributed by atoms with Crippen molar-refractivity contribution in [3.63, 3.8) is 0 Å². The van der Waals surface area contributed by atoms with E-state index in [1.807, 2.05) is 13.3 Å². The van der Waals surface area contributed by atoms with Gasteiger partial charge in [0, 0.05) is 41.9 Å². The predicted octanol–water partition coefficient (Wildman–Crippen LogP) is 6.35. The lowest BCUT2D eigenvalue weighted by atomic mass is 9.95. The standard InChI is InChI=1S/C34H46N5O2P/c1-4-25-10-5-11-26-12-6-14-30(31(25)26)37-21-15-28-29(23-37)35-33(41-24-34-16-8-19-39(34)20-9-17-34)36-32(28)38-18-7-13-27(22-38)42(2,3)40/h5-6,10-12,14,27H,4,7-9,13,15-24H2,1-3H3. The van der Waals surface area contributed by atoms with Crippen LogP contribution >= 0.6 is 7.14 Å². The fourth-order valence-corrected chi connectivity index (χ4v) is 9.59. The Kier molecular flexibility index (Phi) is 7.47. The van der Waals surface area contributed by atoms with Crippen LogP contribution in [0.15, 0.2) is 36.4 Å². The summed E-state index contributed by atoms with van der Waals surface area (Å²) >= 11 is 0. The van der Waals surface area contributed by atoms with Crippen molar-refractivity contribution in [2.24, 2.45) is 0 Å². The third-order valence-corrected chi connectivity index (χ3v) is 12.8. The molecule has 0 saturated carbocycles. The van der Waals surface area contributed by atoms with Gasteiger partial charge in [0.05, 0.1) is 24.9 Å². The Morgan fingerprint density at radius 1 is 0.976 bits per heavy atom. The summed E-state index contributed by atoms with van der Waals surface area (Å²) < 4.78 is 19.7. The number of piperidine rings is 1. The zero-order valence-electron chi connectivity index (χ0n) is 25.6. The zero-order valence-corrected chi connectivity index (χ0v) is 26.5. The first-order valence-corrected chi connectivity index (χ1v) is 18.8. The van der Waals surface area contributed by atoms with Gasteiger partial charge in [-0.1, -0.05) is 37.3 Å². The van der Waals surface area contributed by atoms with Crippen LogP contribution in [0.3, 0.4) is 0 Å². The van der Waals surface area contributed by atoms with Gasteiger partial charge in [-0.3, -0.25) is 4.90 Å². The lowest BCUT2D eigenvalue weighted by Gasteiger charge is -2.38. The number of ether oxygens (including phenoxy) is 1. The van der Waals surface area contributed by atoms with Crippen molar-refractivity contribution in [1.82, 2.24) is 14.9 Å². The Bertz CT molecular complexity index is 1500. The van der Waals surface area contributed by atoms with E-state index in [0.717, 1.165) is 63.4 Å². The molecule has 3 fully saturated rings. The third-order valence-electron chi connectivity index (χ3n) is 10.6. The molecule has 0 N–H and O–H groups in total. The van der Waals surface area contributed by atoms with Crippen molar-refractivity contribution in [1.29, 1.82) is 0 Å². The highest BCUT2D eigenvalue weighted by Gasteiger charge is 2.45. The molecule has 0 bridgehead atoms. The number of rotatable bonds is 7. The molecule has 3 aromatic rings. The van der Waals surface area contributed by atoms with Crippen molar-refractivity contribution in [2.75, 3.05) is 62.5 Å². The summed E-state index contributed by atoms with van der Waals surface area (Å²) in [6.45, 7) is 12.6. The molecule has 0 amide bonds. The van der Waals surface area contributed by atoms with Crippen LogP contribution in [0.4, 0.5) is 11.5 Å². The number of hydrogen-bond donors (Lipinski definition) is 0. The monoisotopic (exact) mass is 587 g/mol. The minimum absolute atomic E-state index is 0.151. The minimum atomic E-state index is -2.19. The molecule has 0 aliphatic carbocycles. The fraction of sp³-hybridized carbons (Fsp3) is 0.588. The molecule has 42 heavy (non-hydrogen) atoms. The highest BCUT2D eigenvalue weighted by atomic mass is 31.2. The zero-order chi connectivity index (χ0) is 28.9. The summed E-state index contributed by atoms with van der Waals surface area (Å²) in [5.41, 5.74) is 5.38. The van der Waals surface area contributed by atoms with Gasteiger partial charge >= 0.3 is 6.01 Å². The maximum Gasteiger partial charge on any atom is 0.318 e. The molecule has 4 aliphatic heterocycles. The maximum atomic E-state index is 13.1. The Labute approximate surface area is 251 Å². The molecule has 1 atom stereocenters. The molecule has 8 heteroatoms. The molecule has 4 aliphatic rings. The molecule has 3 saturated heterocycles. The summed E-state index contributed by atoms with van der Waals surface area (Å²) in [5.74, 6) is 1.02. The number of aryl methyl sites for hydroxylation is 1. The van der Waals surface area contributed by atoms with Gasteiger partial charge < -0.3 is 19.1 Å². The molecular formula is C34H46N5O2P. The van der Waals surface area contributed by atoms with E-state index in [-0.39, 0.29) is 11.2 Å². The Morgan fingerprint density at radius 3 is 2.52 bits per heavy atom. The van der Waals surface area contributed by atoms with Crippen LogP contribution < -0.4 is 14.5 Å². The number of fused-ring (bicyclic) bond motifs is 3. The number of hydrogen-bond acceptors (Lipinski definition) is 7. The van der Waals surface area contributed by atoms with Crippen molar-refractivity contribution < 1.29 is 9.30 Å². The van der Waals surface area contributed by atoms with E-state index in [1.54, 1.807) is 0 Å². The largest absolute Gasteiger partial charge is 0.461 e. The van der Waals surface area contributed by atoms with Gasteiger partial charge in [-0.25, -0.2) is 0 Å². The molecule has 7 rings (SSSR count). The van der Waals surface area contributed by atoms with Crippen LogP contribution in [0.1, 0.15) is 62.3 Å². The molecular weight excluding hydrogens is 541 g/mol. The van der Waals surface area contributed by atoms with Crippen LogP contribution in [-0.2, 0) is 24.0 Å². The first kappa shape index (κ1) is 28.2. The fourth-order valence-electron chi connectivity index (χ4n) is 8.19. The molecule has 0 radical (unpaired) electrons. The van der Waals surface area contributed by atoms with E-state index >= 15 is 0 Å². The van der Waals surface area contributed by atoms with Gasteiger partial charge in [-0.15, -0.1) is 0 Å². The number of aromatic nitrogens is 2. The normalized spacial score (nSPS) is 22.4. The van der Waals surface area contributed by atoms with Crippen LogP contribution in [0.25, 0.3) is 10.8 Å². The van der Waals surface area contributed by atoms with E-state index in [2.05, 4.69) is 58.0 Å². The molecule has 0 spiro atoms. The van der Waals surface area contributed by atoms with Crippen LogP contribution in [0, 0.1) is 0 Å². The number of benzene rings is 2. The summed E-state index contributed by atoms with van der Waals surface area (Å²) in [4.78, 5) is 17.8. The third kappa shape index (κ3) is 5.11. The summed E-state index contributed by atoms with van der Waals surface area (Å²) in [5, 5.41) is 2.66. The first-order valence-electron chi connectivity index (χ1n) is 16.2. The Balaban J connectivity index is 1.24. The maximum absolute atomic E-state index is 13.1. The van der Waals surface area contributed by atoms with Crippen LogP contribution in [0.5, 0.6) is 6.01 Å². The highest BCUT2D eigenvalue weighted by molar-refractivity contribution is 7.63. The number of nitrogens with zero attached hydrogens (tertiary/aromatic N) is 5. The predicted molar refractivity (Wildman–Crippen MR) is 173 cm³/mol. The quantitative estimate of drug-likeness (QED) is 0.299. The topological polar surface area (TPSA) is 61.8 Å². The van der Waals surface area contributed by atoms with Gasteiger partial charge in [0.25, 0.3) is 0 Å². The van der Waals surface area contributed by atoms with E-state index in [1.165, 1.54) is 66.4 Å². The summed E-state index contributed by atoms with van der Waals surface area (Å²) in [6.07, 6.45) is 8.90. The lowest BCUT2D eigenvalue weighted by molar-refractivity contribution is 0.107. The van der Waals surface area contributed by atoms with Crippen molar-refractivity contribution >= 4 is 29.4 Å². The molecule has 5 heterocycles. The van der Waals surface area contributed by atoms with E-state index in [0.29, 0.717) is 12.6 Å². The van der Waals surface area contributed by atoms with Gasteiger partial charge in [-0.05, 0) is 94.8 Å². The SMILES string of the molecule is CCc1cccc2cccc(N3CCc4c(nc(OCC56CCCN5CCC6)nc4N4CCCC(P(C)(C)=O)C4)C3)c12. The summed E-state index contributed by atoms with van der Waals surface area (Å²) in [6, 6.07) is 13.9. The molecule has 1 aromatic heterocycles. The Morgan fingerprint density at radius 2 is 1.76 bits per heavy atom. The van der Waals surface area contributed by atoms with Crippen LogP contribution in [0.2, 0.25) is 0 Å². The lowest BCUT2D eigenvalue weighted by Crippen LogP contribution is -2.44. The van der Waals surface area contributed by atoms with Gasteiger partial charge in [0.15, 0.2) is 0 Å². The number of anilines is 2. The highest BCUT2D eigenvalue weighted by Crippen LogP contribution is 2.47. The second kappa shape index (κ2) is 11.1. The molecule has 1 unspecified atom stereocenters. The molecule has 2 aromatic carbocycles. The van der Waals surface area contributed by atoms with E-state index in [9.17, 15) is 4.57 Å². The first-order chi connectivity index (χ1) is 20.3. The second-order valence-corrected chi connectivity index (χ2v) is 17.1. The van der Waals surface area contributed by atoms with Gasteiger partial charge in [0.1, 0.15) is 12.4 Å². The van der Waals surface area contributed by atoms with Gasteiger partial charge in [-0.2, -0.15) is 9.97 Å². The second-order valence-electron chi connectivity index (χ2n) is 13.5. The average Bonchev–Trinajstić information content (AvgIpc) is 3.59. The Hall–Kier alpha value is -2.63. The molecule has 7 nitrogen and oxygen atoms in total. The molecule has 224 valence electrons. The minimum Gasteiger partial charge on any atom is -0.461 e. The van der Waals surface area contributed by atoms with Gasteiger partial charge in [0.2, 0.25) is 0 Å². The summed E-state index contributed by atoms with van der Waals surface area (Å²) in [7, 11) is -2.19. The van der Waals surface area contributed by atoms with Crippen molar-refractivity contribution in [2.45, 2.75) is 76.0 Å². The van der Waals surface area contributed by atoms with E-state index in [4.69, 9.17) is 14.7 Å².